The minimum Gasteiger partial charge on any atom is -0.396 e. The van der Waals surface area contributed by atoms with Crippen LogP contribution in [0, 0.1) is 16.7 Å². The molecule has 0 saturated carbocycles. The monoisotopic (exact) mass is 247 g/mol. The van der Waals surface area contributed by atoms with E-state index in [4.69, 9.17) is 5.26 Å². The summed E-state index contributed by atoms with van der Waals surface area (Å²) in [6.45, 7) is 3.36. The number of piperidine rings is 1. The number of rotatable bonds is 2. The van der Waals surface area contributed by atoms with Crippen molar-refractivity contribution >= 4 is 5.91 Å². The van der Waals surface area contributed by atoms with Crippen molar-refractivity contribution in [1.29, 1.82) is 5.26 Å². The summed E-state index contributed by atoms with van der Waals surface area (Å²) in [7, 11) is 0. The van der Waals surface area contributed by atoms with Gasteiger partial charge in [-0.05, 0) is 18.9 Å². The third-order valence-electron chi connectivity index (χ3n) is 3.50. The first kappa shape index (κ1) is 12.7. The number of nitrogens with one attached hydrogen (secondary N) is 1. The van der Waals surface area contributed by atoms with Gasteiger partial charge in [-0.25, -0.2) is 0 Å². The number of aliphatic hydroxyl groups excluding tert-OH is 1. The van der Waals surface area contributed by atoms with Crippen molar-refractivity contribution in [3.63, 3.8) is 0 Å². The number of hydrogen-bond donors (Lipinski definition) is 2. The molecular formula is C13H17N3O2. The van der Waals surface area contributed by atoms with Crippen molar-refractivity contribution in [3.8, 4) is 6.07 Å². The molecule has 5 heteroatoms. The Labute approximate surface area is 106 Å². The van der Waals surface area contributed by atoms with Gasteiger partial charge in [0.15, 0.2) is 0 Å². The summed E-state index contributed by atoms with van der Waals surface area (Å²) in [5, 5.41) is 18.1. The zero-order valence-electron chi connectivity index (χ0n) is 10.4. The number of carbonyl (C=O) groups is 1. The Balaban J connectivity index is 2.12. The molecule has 18 heavy (non-hydrogen) atoms. The zero-order chi connectivity index (χ0) is 13.2. The van der Waals surface area contributed by atoms with Crippen molar-refractivity contribution in [2.45, 2.75) is 19.8 Å². The lowest BCUT2D eigenvalue weighted by atomic mass is 9.82. The molecule has 2 rings (SSSR count). The fourth-order valence-corrected chi connectivity index (χ4v) is 2.38. The normalized spacial score (nSPS) is 23.7. The van der Waals surface area contributed by atoms with Crippen LogP contribution in [-0.4, -0.2) is 40.6 Å². The maximum Gasteiger partial charge on any atom is 0.255 e. The maximum atomic E-state index is 12.2. The fraction of sp³-hybridized carbons (Fsp3) is 0.538. The number of H-pyrrole nitrogens is 1. The Hall–Kier alpha value is -1.80. The Morgan fingerprint density at radius 1 is 1.72 bits per heavy atom. The van der Waals surface area contributed by atoms with Crippen LogP contribution in [0.5, 0.6) is 0 Å². The van der Waals surface area contributed by atoms with E-state index in [2.05, 4.69) is 4.98 Å². The highest BCUT2D eigenvalue weighted by atomic mass is 16.3. The van der Waals surface area contributed by atoms with E-state index in [0.717, 1.165) is 12.8 Å². The van der Waals surface area contributed by atoms with Gasteiger partial charge < -0.3 is 15.0 Å². The Morgan fingerprint density at radius 3 is 3.11 bits per heavy atom. The fourth-order valence-electron chi connectivity index (χ4n) is 2.38. The first-order valence-electron chi connectivity index (χ1n) is 6.07. The van der Waals surface area contributed by atoms with E-state index in [1.807, 2.05) is 13.0 Å². The van der Waals surface area contributed by atoms with Crippen molar-refractivity contribution in [3.05, 3.63) is 23.5 Å². The summed E-state index contributed by atoms with van der Waals surface area (Å²) in [6, 6.07) is 3.53. The molecule has 0 aliphatic carbocycles. The molecule has 2 N–H and O–H groups in total. The second-order valence-corrected chi connectivity index (χ2v) is 5.21. The van der Waals surface area contributed by atoms with Gasteiger partial charge in [0.2, 0.25) is 0 Å². The van der Waals surface area contributed by atoms with Crippen LogP contribution in [0.2, 0.25) is 0 Å². The van der Waals surface area contributed by atoms with Crippen molar-refractivity contribution in [2.24, 2.45) is 5.41 Å². The van der Waals surface area contributed by atoms with Crippen LogP contribution in [-0.2, 0) is 0 Å². The van der Waals surface area contributed by atoms with Gasteiger partial charge in [0.25, 0.3) is 5.91 Å². The van der Waals surface area contributed by atoms with Gasteiger partial charge in [-0.1, -0.05) is 6.92 Å². The molecule has 0 spiro atoms. The molecule has 1 unspecified atom stereocenters. The van der Waals surface area contributed by atoms with Crippen LogP contribution in [0.4, 0.5) is 0 Å². The molecule has 1 aromatic heterocycles. The van der Waals surface area contributed by atoms with E-state index < -0.39 is 0 Å². The molecule has 1 saturated heterocycles. The average Bonchev–Trinajstić information content (AvgIpc) is 2.86. The van der Waals surface area contributed by atoms with E-state index in [9.17, 15) is 9.90 Å². The topological polar surface area (TPSA) is 80.1 Å². The van der Waals surface area contributed by atoms with Crippen molar-refractivity contribution in [1.82, 2.24) is 9.88 Å². The molecule has 1 amide bonds. The molecule has 0 radical (unpaired) electrons. The summed E-state index contributed by atoms with van der Waals surface area (Å²) < 4.78 is 0. The smallest absolute Gasteiger partial charge is 0.255 e. The summed E-state index contributed by atoms with van der Waals surface area (Å²) in [5.74, 6) is -0.0767. The lowest BCUT2D eigenvalue weighted by molar-refractivity contribution is 0.0358. The number of amides is 1. The molecule has 1 atom stereocenters. The highest BCUT2D eigenvalue weighted by molar-refractivity contribution is 5.94. The Kier molecular flexibility index (Phi) is 3.39. The molecule has 0 bridgehead atoms. The van der Waals surface area contributed by atoms with Crippen LogP contribution in [0.1, 0.15) is 35.8 Å². The number of aliphatic hydroxyl groups is 1. The second kappa shape index (κ2) is 4.83. The molecule has 1 fully saturated rings. The predicted octanol–water partition coefficient (Wildman–Crippen LogP) is 1.12. The third-order valence-corrected chi connectivity index (χ3v) is 3.50. The first-order chi connectivity index (χ1) is 8.58. The molecule has 5 nitrogen and oxygen atoms in total. The lowest BCUT2D eigenvalue weighted by Crippen LogP contribution is -2.46. The Bertz CT molecular complexity index is 489. The summed E-state index contributed by atoms with van der Waals surface area (Å²) in [6.07, 6.45) is 3.40. The number of likely N-dealkylation sites (tertiary alicyclic amines) is 1. The Morgan fingerprint density at radius 2 is 2.50 bits per heavy atom. The number of nitrogens with zero attached hydrogens (tertiary/aromatic N) is 2. The van der Waals surface area contributed by atoms with Crippen molar-refractivity contribution in [2.75, 3.05) is 19.7 Å². The average molecular weight is 247 g/mol. The summed E-state index contributed by atoms with van der Waals surface area (Å²) in [5.41, 5.74) is 0.691. The maximum absolute atomic E-state index is 12.2. The standard InChI is InChI=1S/C13H17N3O2/c1-13(9-17)3-2-4-16(8-13)12(18)10-5-11(6-14)15-7-10/h5,7,15,17H,2-4,8-9H2,1H3. The molecule has 1 aliphatic rings. The quantitative estimate of drug-likeness (QED) is 0.821. The largest absolute Gasteiger partial charge is 0.396 e. The minimum atomic E-state index is -0.206. The minimum absolute atomic E-state index is 0.0767. The van der Waals surface area contributed by atoms with Gasteiger partial charge in [-0.2, -0.15) is 5.26 Å². The molecule has 0 aromatic carbocycles. The van der Waals surface area contributed by atoms with Crippen LogP contribution < -0.4 is 0 Å². The molecule has 96 valence electrons. The van der Waals surface area contributed by atoms with Gasteiger partial charge in [0.05, 0.1) is 12.2 Å². The number of carbonyl (C=O) groups excluding carboxylic acids is 1. The zero-order valence-corrected chi connectivity index (χ0v) is 10.4. The van der Waals surface area contributed by atoms with Gasteiger partial charge in [-0.3, -0.25) is 4.79 Å². The van der Waals surface area contributed by atoms with E-state index >= 15 is 0 Å². The van der Waals surface area contributed by atoms with Crippen LogP contribution in [0.15, 0.2) is 12.3 Å². The number of aromatic amines is 1. The lowest BCUT2D eigenvalue weighted by Gasteiger charge is -2.39. The highest BCUT2D eigenvalue weighted by Gasteiger charge is 2.33. The van der Waals surface area contributed by atoms with E-state index in [1.165, 1.54) is 0 Å². The number of hydrogen-bond acceptors (Lipinski definition) is 3. The SMILES string of the molecule is CC1(CO)CCCN(C(=O)c2c[nH]c(C#N)c2)C1. The molecular weight excluding hydrogens is 230 g/mol. The third kappa shape index (κ3) is 2.39. The van der Waals surface area contributed by atoms with E-state index in [0.29, 0.717) is 24.3 Å². The summed E-state index contributed by atoms with van der Waals surface area (Å²) in [4.78, 5) is 16.8. The molecule has 1 aromatic rings. The predicted molar refractivity (Wildman–Crippen MR) is 65.8 cm³/mol. The van der Waals surface area contributed by atoms with Gasteiger partial charge in [-0.15, -0.1) is 0 Å². The number of nitriles is 1. The molecule has 2 heterocycles. The van der Waals surface area contributed by atoms with Crippen LogP contribution in [0.3, 0.4) is 0 Å². The van der Waals surface area contributed by atoms with E-state index in [-0.39, 0.29) is 17.9 Å². The van der Waals surface area contributed by atoms with Crippen molar-refractivity contribution < 1.29 is 9.90 Å². The second-order valence-electron chi connectivity index (χ2n) is 5.21. The first-order valence-corrected chi connectivity index (χ1v) is 6.07. The van der Waals surface area contributed by atoms with Gasteiger partial charge in [0, 0.05) is 24.7 Å². The van der Waals surface area contributed by atoms with E-state index in [1.54, 1.807) is 17.2 Å². The van der Waals surface area contributed by atoms with Gasteiger partial charge in [0.1, 0.15) is 11.8 Å². The summed E-state index contributed by atoms with van der Waals surface area (Å²) >= 11 is 0. The van der Waals surface area contributed by atoms with Crippen LogP contribution >= 0.6 is 0 Å². The number of aromatic nitrogens is 1. The van der Waals surface area contributed by atoms with Crippen LogP contribution in [0.25, 0.3) is 0 Å². The molecule has 1 aliphatic heterocycles. The highest BCUT2D eigenvalue weighted by Crippen LogP contribution is 2.29. The van der Waals surface area contributed by atoms with Gasteiger partial charge >= 0.3 is 0 Å².